The van der Waals surface area contributed by atoms with E-state index in [4.69, 9.17) is 10.2 Å². The number of nitrogens with two attached hydrogens (primary N) is 1. The number of halogens is 1. The van der Waals surface area contributed by atoms with Gasteiger partial charge >= 0.3 is 6.03 Å². The minimum absolute atomic E-state index is 0.529. The molecule has 0 saturated heterocycles. The number of amides is 2. The third kappa shape index (κ3) is 3.21. The molecular formula is C12H10BrN3O2. The van der Waals surface area contributed by atoms with E-state index in [9.17, 15) is 4.79 Å². The number of primary amides is 1. The van der Waals surface area contributed by atoms with Crippen molar-refractivity contribution in [1.82, 2.24) is 5.43 Å². The molecule has 92 valence electrons. The van der Waals surface area contributed by atoms with Gasteiger partial charge in [0.15, 0.2) is 0 Å². The quantitative estimate of drug-likeness (QED) is 0.675. The second kappa shape index (κ2) is 5.50. The summed E-state index contributed by atoms with van der Waals surface area (Å²) in [6.07, 6.45) is 1.38. The molecule has 0 aliphatic carbocycles. The van der Waals surface area contributed by atoms with Crippen LogP contribution in [0.25, 0.3) is 11.3 Å². The van der Waals surface area contributed by atoms with Crippen LogP contribution in [0.15, 0.2) is 50.4 Å². The predicted octanol–water partition coefficient (Wildman–Crippen LogP) is 2.71. The molecule has 2 amide bonds. The molecule has 0 aliphatic rings. The van der Waals surface area contributed by atoms with E-state index in [1.807, 2.05) is 30.3 Å². The van der Waals surface area contributed by atoms with Crippen LogP contribution < -0.4 is 11.2 Å². The highest BCUT2D eigenvalue weighted by Gasteiger charge is 2.03. The van der Waals surface area contributed by atoms with Crippen LogP contribution in [0.1, 0.15) is 5.76 Å². The first kappa shape index (κ1) is 12.4. The van der Waals surface area contributed by atoms with Gasteiger partial charge < -0.3 is 10.2 Å². The third-order valence-corrected chi connectivity index (χ3v) is 2.65. The lowest BCUT2D eigenvalue weighted by atomic mass is 10.2. The monoisotopic (exact) mass is 307 g/mol. The van der Waals surface area contributed by atoms with Crippen molar-refractivity contribution in [2.24, 2.45) is 10.8 Å². The lowest BCUT2D eigenvalue weighted by Crippen LogP contribution is -2.24. The summed E-state index contributed by atoms with van der Waals surface area (Å²) in [7, 11) is 0. The smallest absolute Gasteiger partial charge is 0.332 e. The molecule has 0 unspecified atom stereocenters. The van der Waals surface area contributed by atoms with Gasteiger partial charge in [0.05, 0.1) is 6.21 Å². The van der Waals surface area contributed by atoms with E-state index in [0.717, 1.165) is 15.8 Å². The Morgan fingerprint density at radius 3 is 2.67 bits per heavy atom. The Kier molecular flexibility index (Phi) is 3.78. The fourth-order valence-electron chi connectivity index (χ4n) is 1.35. The number of hydrazone groups is 1. The zero-order valence-electron chi connectivity index (χ0n) is 9.26. The maximum atomic E-state index is 10.4. The van der Waals surface area contributed by atoms with Crippen LogP contribution in [0.5, 0.6) is 0 Å². The summed E-state index contributed by atoms with van der Waals surface area (Å²) in [6.45, 7) is 0. The van der Waals surface area contributed by atoms with Crippen LogP contribution in [-0.2, 0) is 0 Å². The molecule has 0 radical (unpaired) electrons. The van der Waals surface area contributed by atoms with E-state index in [-0.39, 0.29) is 0 Å². The van der Waals surface area contributed by atoms with Crippen LogP contribution in [0.4, 0.5) is 4.79 Å². The van der Waals surface area contributed by atoms with Gasteiger partial charge in [0.1, 0.15) is 11.5 Å². The normalized spacial score (nSPS) is 10.7. The predicted molar refractivity (Wildman–Crippen MR) is 72.2 cm³/mol. The minimum atomic E-state index is -0.717. The Bertz CT molecular complexity index is 575. The van der Waals surface area contributed by atoms with E-state index in [0.29, 0.717) is 5.76 Å². The first-order valence-electron chi connectivity index (χ1n) is 5.09. The summed E-state index contributed by atoms with van der Waals surface area (Å²) >= 11 is 3.37. The van der Waals surface area contributed by atoms with Crippen LogP contribution in [0.3, 0.4) is 0 Å². The second-order valence-corrected chi connectivity index (χ2v) is 4.36. The number of carbonyl (C=O) groups excluding carboxylic acids is 1. The topological polar surface area (TPSA) is 80.6 Å². The lowest BCUT2D eigenvalue weighted by Gasteiger charge is -1.96. The number of hydrogen-bond donors (Lipinski definition) is 2. The summed E-state index contributed by atoms with van der Waals surface area (Å²) in [4.78, 5) is 10.4. The maximum Gasteiger partial charge on any atom is 0.332 e. The van der Waals surface area contributed by atoms with Crippen LogP contribution in [0, 0.1) is 0 Å². The molecule has 3 N–H and O–H groups in total. The molecule has 1 aromatic carbocycles. The number of rotatable bonds is 3. The second-order valence-electron chi connectivity index (χ2n) is 3.44. The summed E-state index contributed by atoms with van der Waals surface area (Å²) in [5, 5.41) is 3.61. The summed E-state index contributed by atoms with van der Waals surface area (Å²) in [5.41, 5.74) is 7.92. The molecule has 2 aromatic rings. The van der Waals surface area contributed by atoms with Crippen LogP contribution in [0.2, 0.25) is 0 Å². The van der Waals surface area contributed by atoms with E-state index in [1.165, 1.54) is 6.21 Å². The minimum Gasteiger partial charge on any atom is -0.455 e. The summed E-state index contributed by atoms with van der Waals surface area (Å²) in [6, 6.07) is 10.6. The number of urea groups is 1. The number of nitrogens with zero attached hydrogens (tertiary/aromatic N) is 1. The van der Waals surface area contributed by atoms with Gasteiger partial charge in [-0.15, -0.1) is 0 Å². The van der Waals surface area contributed by atoms with Crippen molar-refractivity contribution in [2.75, 3.05) is 0 Å². The summed E-state index contributed by atoms with van der Waals surface area (Å²) < 4.78 is 6.54. The standard InChI is InChI=1S/C12H10BrN3O2/c13-9-3-1-8(2-4-9)11-6-5-10(18-11)7-15-16-12(14)17/h1-7H,(H3,14,16,17)/b15-7-. The highest BCUT2D eigenvalue weighted by atomic mass is 79.9. The maximum absolute atomic E-state index is 10.4. The fourth-order valence-corrected chi connectivity index (χ4v) is 1.62. The molecule has 0 saturated carbocycles. The molecule has 0 fully saturated rings. The van der Waals surface area contributed by atoms with Crippen molar-refractivity contribution in [1.29, 1.82) is 0 Å². The molecule has 18 heavy (non-hydrogen) atoms. The van der Waals surface area contributed by atoms with E-state index < -0.39 is 6.03 Å². The van der Waals surface area contributed by atoms with Crippen molar-refractivity contribution >= 4 is 28.2 Å². The van der Waals surface area contributed by atoms with Gasteiger partial charge in [0.25, 0.3) is 0 Å². The average molecular weight is 308 g/mol. The molecule has 0 atom stereocenters. The Balaban J connectivity index is 2.12. The third-order valence-electron chi connectivity index (χ3n) is 2.12. The molecule has 0 bridgehead atoms. The van der Waals surface area contributed by atoms with Gasteiger partial charge in [-0.05, 0) is 24.3 Å². The molecule has 1 aromatic heterocycles. The average Bonchev–Trinajstić information content (AvgIpc) is 2.78. The number of nitrogens with one attached hydrogen (secondary N) is 1. The summed E-state index contributed by atoms with van der Waals surface area (Å²) in [5.74, 6) is 1.25. The molecule has 5 nitrogen and oxygen atoms in total. The first-order valence-corrected chi connectivity index (χ1v) is 5.89. The number of furan rings is 1. The van der Waals surface area contributed by atoms with Gasteiger partial charge in [-0.3, -0.25) is 0 Å². The number of carbonyl (C=O) groups is 1. The van der Waals surface area contributed by atoms with Crippen molar-refractivity contribution in [3.8, 4) is 11.3 Å². The van der Waals surface area contributed by atoms with E-state index in [1.54, 1.807) is 6.07 Å². The van der Waals surface area contributed by atoms with Gasteiger partial charge in [0, 0.05) is 10.0 Å². The van der Waals surface area contributed by atoms with Crippen molar-refractivity contribution in [3.05, 3.63) is 46.6 Å². The molecule has 0 aliphatic heterocycles. The molecule has 2 rings (SSSR count). The highest BCUT2D eigenvalue weighted by Crippen LogP contribution is 2.23. The highest BCUT2D eigenvalue weighted by molar-refractivity contribution is 9.10. The molecule has 0 spiro atoms. The lowest BCUT2D eigenvalue weighted by molar-refractivity contribution is 0.249. The Morgan fingerprint density at radius 2 is 2.00 bits per heavy atom. The Hall–Kier alpha value is -2.08. The number of benzene rings is 1. The van der Waals surface area contributed by atoms with Gasteiger partial charge in [0.2, 0.25) is 0 Å². The largest absolute Gasteiger partial charge is 0.455 e. The van der Waals surface area contributed by atoms with Gasteiger partial charge in [-0.1, -0.05) is 28.1 Å². The molecule has 6 heteroatoms. The van der Waals surface area contributed by atoms with Crippen molar-refractivity contribution in [3.63, 3.8) is 0 Å². The zero-order chi connectivity index (χ0) is 13.0. The Morgan fingerprint density at radius 1 is 1.28 bits per heavy atom. The van der Waals surface area contributed by atoms with Gasteiger partial charge in [-0.2, -0.15) is 5.10 Å². The SMILES string of the molecule is NC(=O)N/N=C\c1ccc(-c2ccc(Br)cc2)o1. The van der Waals surface area contributed by atoms with E-state index >= 15 is 0 Å². The molecule has 1 heterocycles. The number of hydrogen-bond acceptors (Lipinski definition) is 3. The van der Waals surface area contributed by atoms with Crippen LogP contribution >= 0.6 is 15.9 Å². The first-order chi connectivity index (χ1) is 8.65. The van der Waals surface area contributed by atoms with Gasteiger partial charge in [-0.25, -0.2) is 10.2 Å². The fraction of sp³-hybridized carbons (Fsp3) is 0. The van der Waals surface area contributed by atoms with Crippen LogP contribution in [-0.4, -0.2) is 12.2 Å². The van der Waals surface area contributed by atoms with E-state index in [2.05, 4.69) is 26.5 Å². The Labute approximate surface area is 112 Å². The molecular weight excluding hydrogens is 298 g/mol. The zero-order valence-corrected chi connectivity index (χ0v) is 10.8. The van der Waals surface area contributed by atoms with Crippen molar-refractivity contribution < 1.29 is 9.21 Å². The van der Waals surface area contributed by atoms with Crippen molar-refractivity contribution in [2.45, 2.75) is 0 Å².